The van der Waals surface area contributed by atoms with Crippen LogP contribution in [-0.2, 0) is 10.0 Å². The summed E-state index contributed by atoms with van der Waals surface area (Å²) in [6, 6.07) is 3.18. The fourth-order valence-electron chi connectivity index (χ4n) is 1.43. The first-order valence-electron chi connectivity index (χ1n) is 5.09. The van der Waals surface area contributed by atoms with Crippen LogP contribution >= 0.6 is 0 Å². The van der Waals surface area contributed by atoms with Crippen LogP contribution in [0, 0.1) is 5.82 Å². The molecule has 0 aliphatic rings. The molecule has 0 bridgehead atoms. The van der Waals surface area contributed by atoms with Gasteiger partial charge in [-0.3, -0.25) is 0 Å². The number of nitrogens with two attached hydrogens (primary N) is 1. The van der Waals surface area contributed by atoms with Crippen molar-refractivity contribution in [1.29, 1.82) is 0 Å². The van der Waals surface area contributed by atoms with Crippen molar-refractivity contribution in [2.24, 2.45) is 0 Å². The fourth-order valence-corrected chi connectivity index (χ4v) is 3.00. The third kappa shape index (κ3) is 2.93. The molecule has 0 atom stereocenters. The number of nitrogens with zero attached hydrogens (tertiary/aromatic N) is 1. The second kappa shape index (κ2) is 5.44. The number of rotatable bonds is 5. The van der Waals surface area contributed by atoms with Crippen molar-refractivity contribution in [2.45, 2.75) is 11.8 Å². The minimum atomic E-state index is -3.86. The number of nitrogen functional groups attached to an aromatic ring is 1. The standard InChI is InChI=1S/C10H15FN2O3S/c1-2-13(5-6-14)17(15,16)10-7-8(11)3-4-9(10)12/h3-4,7,14H,2,5-6,12H2,1H3. The Morgan fingerprint density at radius 2 is 2.12 bits per heavy atom. The Morgan fingerprint density at radius 1 is 1.47 bits per heavy atom. The lowest BCUT2D eigenvalue weighted by Gasteiger charge is -2.20. The van der Waals surface area contributed by atoms with Gasteiger partial charge in [0.2, 0.25) is 10.0 Å². The molecule has 0 fully saturated rings. The second-order valence-electron chi connectivity index (χ2n) is 3.40. The summed E-state index contributed by atoms with van der Waals surface area (Å²) in [7, 11) is -3.86. The highest BCUT2D eigenvalue weighted by atomic mass is 32.2. The summed E-state index contributed by atoms with van der Waals surface area (Å²) in [5.41, 5.74) is 5.52. The van der Waals surface area contributed by atoms with E-state index in [2.05, 4.69) is 0 Å². The summed E-state index contributed by atoms with van der Waals surface area (Å²) in [5, 5.41) is 8.79. The largest absolute Gasteiger partial charge is 0.398 e. The molecule has 0 unspecified atom stereocenters. The van der Waals surface area contributed by atoms with Crippen LogP contribution in [0.4, 0.5) is 10.1 Å². The lowest BCUT2D eigenvalue weighted by molar-refractivity contribution is 0.257. The molecule has 0 amide bonds. The molecule has 0 aliphatic carbocycles. The number of hydrogen-bond acceptors (Lipinski definition) is 4. The minimum absolute atomic E-state index is 0.0113. The van der Waals surface area contributed by atoms with E-state index in [1.54, 1.807) is 6.92 Å². The molecule has 1 aromatic rings. The van der Waals surface area contributed by atoms with E-state index in [9.17, 15) is 12.8 Å². The smallest absolute Gasteiger partial charge is 0.245 e. The van der Waals surface area contributed by atoms with Gasteiger partial charge in [-0.15, -0.1) is 0 Å². The third-order valence-electron chi connectivity index (χ3n) is 2.30. The number of likely N-dealkylation sites (N-methyl/N-ethyl adjacent to an activating group) is 1. The molecule has 0 saturated carbocycles. The van der Waals surface area contributed by atoms with E-state index in [-0.39, 0.29) is 30.3 Å². The first-order chi connectivity index (χ1) is 7.93. The van der Waals surface area contributed by atoms with Crippen molar-refractivity contribution in [3.8, 4) is 0 Å². The van der Waals surface area contributed by atoms with E-state index < -0.39 is 15.8 Å². The Kier molecular flexibility index (Phi) is 4.44. The SMILES string of the molecule is CCN(CCO)S(=O)(=O)c1cc(F)ccc1N. The maximum Gasteiger partial charge on any atom is 0.245 e. The fraction of sp³-hybridized carbons (Fsp3) is 0.400. The van der Waals surface area contributed by atoms with Crippen LogP contribution in [0.3, 0.4) is 0 Å². The van der Waals surface area contributed by atoms with Gasteiger partial charge >= 0.3 is 0 Å². The molecular formula is C10H15FN2O3S. The van der Waals surface area contributed by atoms with Crippen molar-refractivity contribution < 1.29 is 17.9 Å². The molecule has 0 aromatic heterocycles. The monoisotopic (exact) mass is 262 g/mol. The van der Waals surface area contributed by atoms with Gasteiger partial charge in [0.15, 0.2) is 0 Å². The molecular weight excluding hydrogens is 247 g/mol. The van der Waals surface area contributed by atoms with Crippen LogP contribution in [0.2, 0.25) is 0 Å². The van der Waals surface area contributed by atoms with E-state index in [0.29, 0.717) is 0 Å². The van der Waals surface area contributed by atoms with E-state index >= 15 is 0 Å². The molecule has 0 aliphatic heterocycles. The van der Waals surface area contributed by atoms with Gasteiger partial charge in [-0.25, -0.2) is 12.8 Å². The molecule has 1 aromatic carbocycles. The maximum absolute atomic E-state index is 13.0. The molecule has 96 valence electrons. The van der Waals surface area contributed by atoms with E-state index in [4.69, 9.17) is 10.8 Å². The van der Waals surface area contributed by atoms with Crippen LogP contribution in [-0.4, -0.2) is 37.5 Å². The van der Waals surface area contributed by atoms with Gasteiger partial charge in [0.05, 0.1) is 12.3 Å². The molecule has 3 N–H and O–H groups in total. The first kappa shape index (κ1) is 13.9. The van der Waals surface area contributed by atoms with Crippen LogP contribution < -0.4 is 5.73 Å². The predicted octanol–water partition coefficient (Wildman–Crippen LogP) is 0.411. The quantitative estimate of drug-likeness (QED) is 0.753. The average molecular weight is 262 g/mol. The zero-order valence-electron chi connectivity index (χ0n) is 9.43. The Balaban J connectivity index is 3.24. The van der Waals surface area contributed by atoms with Crippen molar-refractivity contribution in [2.75, 3.05) is 25.4 Å². The lowest BCUT2D eigenvalue weighted by atomic mass is 10.3. The summed E-state index contributed by atoms with van der Waals surface area (Å²) in [6.07, 6.45) is 0. The number of anilines is 1. The highest BCUT2D eigenvalue weighted by molar-refractivity contribution is 7.89. The number of sulfonamides is 1. The predicted molar refractivity (Wildman–Crippen MR) is 62.3 cm³/mol. The van der Waals surface area contributed by atoms with Crippen LogP contribution in [0.5, 0.6) is 0 Å². The number of aliphatic hydroxyl groups is 1. The van der Waals surface area contributed by atoms with Crippen molar-refractivity contribution in [3.05, 3.63) is 24.0 Å². The van der Waals surface area contributed by atoms with Gasteiger partial charge in [0.1, 0.15) is 10.7 Å². The molecule has 5 nitrogen and oxygen atoms in total. The van der Waals surface area contributed by atoms with Gasteiger partial charge in [0, 0.05) is 13.1 Å². The zero-order chi connectivity index (χ0) is 13.1. The van der Waals surface area contributed by atoms with Crippen LogP contribution in [0.15, 0.2) is 23.1 Å². The van der Waals surface area contributed by atoms with Gasteiger partial charge in [-0.1, -0.05) is 6.92 Å². The highest BCUT2D eigenvalue weighted by Gasteiger charge is 2.25. The topological polar surface area (TPSA) is 83.6 Å². The normalized spacial score (nSPS) is 12.0. The number of benzene rings is 1. The second-order valence-corrected chi connectivity index (χ2v) is 5.31. The summed E-state index contributed by atoms with van der Waals surface area (Å²) in [5.74, 6) is -0.669. The van der Waals surface area contributed by atoms with Gasteiger partial charge in [-0.2, -0.15) is 4.31 Å². The molecule has 7 heteroatoms. The highest BCUT2D eigenvalue weighted by Crippen LogP contribution is 2.22. The Labute approximate surface area is 99.7 Å². The summed E-state index contributed by atoms with van der Waals surface area (Å²) in [4.78, 5) is -0.271. The van der Waals surface area contributed by atoms with Gasteiger partial charge in [0.25, 0.3) is 0 Å². The number of aliphatic hydroxyl groups excluding tert-OH is 1. The molecule has 0 spiro atoms. The Hall–Kier alpha value is -1.18. The average Bonchev–Trinajstić information content (AvgIpc) is 2.28. The lowest BCUT2D eigenvalue weighted by Crippen LogP contribution is -2.33. The maximum atomic E-state index is 13.0. The molecule has 0 saturated heterocycles. The van der Waals surface area contributed by atoms with Gasteiger partial charge in [-0.05, 0) is 18.2 Å². The summed E-state index contributed by atoms with van der Waals surface area (Å²) >= 11 is 0. The van der Waals surface area contributed by atoms with E-state index in [1.807, 2.05) is 0 Å². The van der Waals surface area contributed by atoms with Crippen molar-refractivity contribution in [1.82, 2.24) is 4.31 Å². The first-order valence-corrected chi connectivity index (χ1v) is 6.53. The molecule has 17 heavy (non-hydrogen) atoms. The van der Waals surface area contributed by atoms with Crippen LogP contribution in [0.1, 0.15) is 6.92 Å². The van der Waals surface area contributed by atoms with Crippen molar-refractivity contribution >= 4 is 15.7 Å². The number of hydrogen-bond donors (Lipinski definition) is 2. The summed E-state index contributed by atoms with van der Waals surface area (Å²) < 4.78 is 38.3. The molecule has 0 radical (unpaired) electrons. The minimum Gasteiger partial charge on any atom is -0.398 e. The van der Waals surface area contributed by atoms with Crippen LogP contribution in [0.25, 0.3) is 0 Å². The molecule has 0 heterocycles. The zero-order valence-corrected chi connectivity index (χ0v) is 10.2. The third-order valence-corrected chi connectivity index (χ3v) is 4.33. The summed E-state index contributed by atoms with van der Waals surface area (Å²) in [6.45, 7) is 1.46. The van der Waals surface area contributed by atoms with Crippen molar-refractivity contribution in [3.63, 3.8) is 0 Å². The van der Waals surface area contributed by atoms with E-state index in [0.717, 1.165) is 16.4 Å². The number of halogens is 1. The van der Waals surface area contributed by atoms with E-state index in [1.165, 1.54) is 6.07 Å². The Morgan fingerprint density at radius 3 is 2.65 bits per heavy atom. The Bertz CT molecular complexity index is 490. The van der Waals surface area contributed by atoms with Gasteiger partial charge < -0.3 is 10.8 Å². The molecule has 1 rings (SSSR count).